The van der Waals surface area contributed by atoms with Gasteiger partial charge >= 0.3 is 0 Å². The molecule has 1 saturated heterocycles. The fourth-order valence-corrected chi connectivity index (χ4v) is 3.29. The van der Waals surface area contributed by atoms with Crippen LogP contribution in [0.15, 0.2) is 42.6 Å². The summed E-state index contributed by atoms with van der Waals surface area (Å²) in [6.07, 6.45) is 3.16. The largest absolute Gasteiger partial charge is 0.378 e. The lowest BCUT2D eigenvalue weighted by molar-refractivity contribution is 0.237. The molecule has 1 fully saturated rings. The molecule has 0 saturated carbocycles. The van der Waals surface area contributed by atoms with E-state index in [9.17, 15) is 0 Å². The predicted molar refractivity (Wildman–Crippen MR) is 101 cm³/mol. The molecule has 1 aromatic heterocycles. The van der Waals surface area contributed by atoms with Crippen molar-refractivity contribution in [2.45, 2.75) is 19.4 Å². The van der Waals surface area contributed by atoms with E-state index in [1.807, 2.05) is 6.20 Å². The summed E-state index contributed by atoms with van der Waals surface area (Å²) in [5, 5.41) is 3.50. The molecule has 3 rings (SSSR count). The summed E-state index contributed by atoms with van der Waals surface area (Å²) in [6.45, 7) is 6.38. The van der Waals surface area contributed by atoms with Crippen LogP contribution in [0, 0.1) is 6.92 Å². The Balaban J connectivity index is 1.95. The van der Waals surface area contributed by atoms with Crippen molar-refractivity contribution in [3.63, 3.8) is 0 Å². The normalized spacial score (nSPS) is 17.3. The molecule has 0 spiro atoms. The van der Waals surface area contributed by atoms with Crippen molar-refractivity contribution in [1.29, 1.82) is 0 Å². The Bertz CT molecular complexity index is 626. The number of pyridine rings is 1. The van der Waals surface area contributed by atoms with Crippen LogP contribution in [0.4, 0.5) is 5.69 Å². The van der Waals surface area contributed by atoms with Gasteiger partial charge in [-0.15, -0.1) is 0 Å². The van der Waals surface area contributed by atoms with Gasteiger partial charge in [0.05, 0.1) is 11.7 Å². The molecule has 4 heteroatoms. The Morgan fingerprint density at radius 3 is 2.50 bits per heavy atom. The first-order valence-corrected chi connectivity index (χ1v) is 8.80. The average molecular weight is 324 g/mol. The SMILES string of the molecule is Cc1ccc(C(c2ccc(N(C)C)cc2)N2CCCNCC2)nc1. The maximum absolute atomic E-state index is 4.75. The van der Waals surface area contributed by atoms with Crippen LogP contribution in [-0.4, -0.2) is 50.2 Å². The molecule has 24 heavy (non-hydrogen) atoms. The second-order valence-electron chi connectivity index (χ2n) is 6.79. The van der Waals surface area contributed by atoms with E-state index in [0.717, 1.165) is 31.9 Å². The number of hydrogen-bond acceptors (Lipinski definition) is 4. The molecule has 4 nitrogen and oxygen atoms in total. The van der Waals surface area contributed by atoms with Gasteiger partial charge in [0, 0.05) is 45.6 Å². The predicted octanol–water partition coefficient (Wildman–Crippen LogP) is 2.84. The molecule has 2 heterocycles. The standard InChI is InChI=1S/C20H28N4/c1-16-5-10-19(22-15-16)20(24-13-4-11-21-12-14-24)17-6-8-18(9-7-17)23(2)3/h5-10,15,20-21H,4,11-14H2,1-3H3. The van der Waals surface area contributed by atoms with Crippen LogP contribution >= 0.6 is 0 Å². The molecule has 1 aliphatic heterocycles. The van der Waals surface area contributed by atoms with Gasteiger partial charge in [0.1, 0.15) is 0 Å². The minimum atomic E-state index is 0.224. The lowest BCUT2D eigenvalue weighted by atomic mass is 10.00. The third-order valence-corrected chi connectivity index (χ3v) is 4.68. The highest BCUT2D eigenvalue weighted by atomic mass is 15.2. The topological polar surface area (TPSA) is 31.4 Å². The minimum absolute atomic E-state index is 0.224. The number of nitrogens with one attached hydrogen (secondary N) is 1. The molecule has 1 unspecified atom stereocenters. The minimum Gasteiger partial charge on any atom is -0.378 e. The van der Waals surface area contributed by atoms with E-state index >= 15 is 0 Å². The zero-order valence-electron chi connectivity index (χ0n) is 15.0. The third kappa shape index (κ3) is 3.94. The Hall–Kier alpha value is -1.91. The molecule has 1 N–H and O–H groups in total. The second-order valence-corrected chi connectivity index (χ2v) is 6.79. The van der Waals surface area contributed by atoms with E-state index in [1.54, 1.807) is 0 Å². The molecule has 128 valence electrons. The molecule has 0 amide bonds. The number of rotatable bonds is 4. The Morgan fingerprint density at radius 2 is 1.83 bits per heavy atom. The molecule has 1 atom stereocenters. The van der Waals surface area contributed by atoms with Gasteiger partial charge in [0.15, 0.2) is 0 Å². The lowest BCUT2D eigenvalue weighted by Crippen LogP contribution is -2.33. The van der Waals surface area contributed by atoms with Gasteiger partial charge in [-0.1, -0.05) is 18.2 Å². The van der Waals surface area contributed by atoms with Crippen molar-refractivity contribution in [2.24, 2.45) is 0 Å². The number of anilines is 1. The van der Waals surface area contributed by atoms with E-state index in [-0.39, 0.29) is 6.04 Å². The summed E-state index contributed by atoms with van der Waals surface area (Å²) in [5.41, 5.74) is 4.89. The maximum Gasteiger partial charge on any atom is 0.0776 e. The first-order valence-electron chi connectivity index (χ1n) is 8.80. The van der Waals surface area contributed by atoms with Crippen molar-refractivity contribution in [3.8, 4) is 0 Å². The third-order valence-electron chi connectivity index (χ3n) is 4.68. The smallest absolute Gasteiger partial charge is 0.0776 e. The fraction of sp³-hybridized carbons (Fsp3) is 0.450. The Labute approximate surface area is 145 Å². The van der Waals surface area contributed by atoms with Crippen LogP contribution in [0.1, 0.15) is 29.3 Å². The maximum atomic E-state index is 4.75. The first-order chi connectivity index (χ1) is 11.6. The van der Waals surface area contributed by atoms with Crippen molar-refractivity contribution in [1.82, 2.24) is 15.2 Å². The highest BCUT2D eigenvalue weighted by molar-refractivity contribution is 5.47. The van der Waals surface area contributed by atoms with Crippen LogP contribution in [0.2, 0.25) is 0 Å². The number of aryl methyl sites for hydroxylation is 1. The van der Waals surface area contributed by atoms with E-state index in [1.165, 1.54) is 23.2 Å². The summed E-state index contributed by atoms with van der Waals surface area (Å²) >= 11 is 0. The van der Waals surface area contributed by atoms with Crippen LogP contribution in [0.5, 0.6) is 0 Å². The van der Waals surface area contributed by atoms with Gasteiger partial charge in [-0.3, -0.25) is 9.88 Å². The molecule has 0 radical (unpaired) electrons. The number of nitrogens with zero attached hydrogens (tertiary/aromatic N) is 3. The first kappa shape index (κ1) is 16.9. The van der Waals surface area contributed by atoms with Gasteiger partial charge in [0.25, 0.3) is 0 Å². The van der Waals surface area contributed by atoms with E-state index < -0.39 is 0 Å². The molecular weight excluding hydrogens is 296 g/mol. The summed E-state index contributed by atoms with van der Waals surface area (Å²) in [6, 6.07) is 13.5. The van der Waals surface area contributed by atoms with Crippen LogP contribution in [0.3, 0.4) is 0 Å². The van der Waals surface area contributed by atoms with Gasteiger partial charge in [0.2, 0.25) is 0 Å². The van der Waals surface area contributed by atoms with E-state index in [2.05, 4.69) is 72.5 Å². The van der Waals surface area contributed by atoms with E-state index in [4.69, 9.17) is 4.98 Å². The molecule has 1 aliphatic rings. The van der Waals surface area contributed by atoms with Gasteiger partial charge in [-0.05, 0) is 49.2 Å². The fourth-order valence-electron chi connectivity index (χ4n) is 3.29. The van der Waals surface area contributed by atoms with Crippen LogP contribution in [0.25, 0.3) is 0 Å². The molecule has 2 aromatic rings. The van der Waals surface area contributed by atoms with Gasteiger partial charge in [-0.2, -0.15) is 0 Å². The van der Waals surface area contributed by atoms with Crippen molar-refractivity contribution >= 4 is 5.69 Å². The highest BCUT2D eigenvalue weighted by Gasteiger charge is 2.24. The van der Waals surface area contributed by atoms with E-state index in [0.29, 0.717) is 0 Å². The number of benzene rings is 1. The summed E-state index contributed by atoms with van der Waals surface area (Å²) in [5.74, 6) is 0. The lowest BCUT2D eigenvalue weighted by Gasteiger charge is -2.31. The van der Waals surface area contributed by atoms with Crippen molar-refractivity contribution in [3.05, 3.63) is 59.4 Å². The molecular formula is C20H28N4. The zero-order valence-corrected chi connectivity index (χ0v) is 15.0. The second kappa shape index (κ2) is 7.77. The van der Waals surface area contributed by atoms with Crippen molar-refractivity contribution < 1.29 is 0 Å². The number of hydrogen-bond donors (Lipinski definition) is 1. The highest BCUT2D eigenvalue weighted by Crippen LogP contribution is 2.29. The summed E-state index contributed by atoms with van der Waals surface area (Å²) in [7, 11) is 4.16. The molecule has 1 aromatic carbocycles. The van der Waals surface area contributed by atoms with Crippen LogP contribution < -0.4 is 10.2 Å². The quantitative estimate of drug-likeness (QED) is 0.937. The molecule has 0 bridgehead atoms. The Kier molecular flexibility index (Phi) is 5.48. The van der Waals surface area contributed by atoms with Crippen LogP contribution in [-0.2, 0) is 0 Å². The molecule has 0 aliphatic carbocycles. The monoisotopic (exact) mass is 324 g/mol. The van der Waals surface area contributed by atoms with Crippen molar-refractivity contribution in [2.75, 3.05) is 45.2 Å². The number of aromatic nitrogens is 1. The zero-order chi connectivity index (χ0) is 16.9. The van der Waals surface area contributed by atoms with Gasteiger partial charge in [-0.25, -0.2) is 0 Å². The Morgan fingerprint density at radius 1 is 1.04 bits per heavy atom. The van der Waals surface area contributed by atoms with Gasteiger partial charge < -0.3 is 10.2 Å². The average Bonchev–Trinajstić information content (AvgIpc) is 2.87. The summed E-state index contributed by atoms with van der Waals surface area (Å²) in [4.78, 5) is 9.44. The summed E-state index contributed by atoms with van der Waals surface area (Å²) < 4.78 is 0.